The van der Waals surface area contributed by atoms with Crippen LogP contribution in [0.3, 0.4) is 0 Å². The number of aliphatic hydroxyl groups is 1. The van der Waals surface area contributed by atoms with E-state index in [1.807, 2.05) is 47.4 Å². The van der Waals surface area contributed by atoms with Crippen molar-refractivity contribution in [3.05, 3.63) is 60.1 Å². The molecule has 0 spiro atoms. The predicted octanol–water partition coefficient (Wildman–Crippen LogP) is 1.42. The summed E-state index contributed by atoms with van der Waals surface area (Å²) in [4.78, 5) is 19.2. The molecule has 1 N–H and O–H groups in total. The van der Waals surface area contributed by atoms with Gasteiger partial charge in [-0.2, -0.15) is 0 Å². The van der Waals surface area contributed by atoms with E-state index in [0.29, 0.717) is 26.2 Å². The van der Waals surface area contributed by atoms with Crippen LogP contribution < -0.4 is 0 Å². The van der Waals surface area contributed by atoms with Gasteiger partial charge in [0.05, 0.1) is 26.0 Å². The van der Waals surface area contributed by atoms with Crippen molar-refractivity contribution in [3.8, 4) is 0 Å². The van der Waals surface area contributed by atoms with Gasteiger partial charge in [-0.05, 0) is 17.7 Å². The van der Waals surface area contributed by atoms with E-state index in [0.717, 1.165) is 37.5 Å². The summed E-state index contributed by atoms with van der Waals surface area (Å²) >= 11 is 0. The van der Waals surface area contributed by atoms with Crippen molar-refractivity contribution >= 4 is 5.91 Å². The Labute approximate surface area is 154 Å². The monoisotopic (exact) mass is 357 g/mol. The highest BCUT2D eigenvalue weighted by molar-refractivity contribution is 5.78. The molecular formula is C20H27N3O3. The van der Waals surface area contributed by atoms with Crippen molar-refractivity contribution in [1.82, 2.24) is 14.7 Å². The Kier molecular flexibility index (Phi) is 6.82. The minimum Gasteiger partial charge on any atom is -0.467 e. The van der Waals surface area contributed by atoms with Gasteiger partial charge in [-0.15, -0.1) is 0 Å². The van der Waals surface area contributed by atoms with Gasteiger partial charge >= 0.3 is 0 Å². The fourth-order valence-electron chi connectivity index (χ4n) is 3.23. The molecule has 0 atom stereocenters. The normalized spacial score (nSPS) is 15.9. The Hall–Kier alpha value is -2.15. The summed E-state index contributed by atoms with van der Waals surface area (Å²) in [6.07, 6.45) is 1.64. The average molecular weight is 357 g/mol. The van der Waals surface area contributed by atoms with Gasteiger partial charge in [-0.1, -0.05) is 30.3 Å². The highest BCUT2D eigenvalue weighted by Gasteiger charge is 2.22. The molecule has 1 amide bonds. The van der Waals surface area contributed by atoms with Crippen LogP contribution in [0.25, 0.3) is 0 Å². The quantitative estimate of drug-likeness (QED) is 0.774. The zero-order chi connectivity index (χ0) is 18.2. The van der Waals surface area contributed by atoms with Crippen LogP contribution in [0.2, 0.25) is 0 Å². The number of aliphatic hydroxyl groups excluding tert-OH is 1. The van der Waals surface area contributed by atoms with Gasteiger partial charge < -0.3 is 14.4 Å². The molecule has 0 aliphatic carbocycles. The Bertz CT molecular complexity index is 652. The third kappa shape index (κ3) is 5.42. The zero-order valence-corrected chi connectivity index (χ0v) is 15.1. The van der Waals surface area contributed by atoms with Crippen LogP contribution in [-0.2, 0) is 17.9 Å². The van der Waals surface area contributed by atoms with Crippen LogP contribution in [0.4, 0.5) is 0 Å². The van der Waals surface area contributed by atoms with Gasteiger partial charge in [0.15, 0.2) is 0 Å². The summed E-state index contributed by atoms with van der Waals surface area (Å²) in [5.41, 5.74) is 1.11. The number of rotatable bonds is 8. The fourth-order valence-corrected chi connectivity index (χ4v) is 3.23. The molecule has 0 unspecified atom stereocenters. The lowest BCUT2D eigenvalue weighted by Crippen LogP contribution is -2.50. The van der Waals surface area contributed by atoms with Gasteiger partial charge in [0.2, 0.25) is 5.91 Å². The number of benzene rings is 1. The summed E-state index contributed by atoms with van der Waals surface area (Å²) in [7, 11) is 0. The van der Waals surface area contributed by atoms with E-state index in [2.05, 4.69) is 9.80 Å². The summed E-state index contributed by atoms with van der Waals surface area (Å²) in [5.74, 6) is 0.905. The maximum atomic E-state index is 12.9. The number of piperazine rings is 1. The standard InChI is InChI=1S/C20H27N3O3/c24-13-12-21-8-10-22(11-9-21)17-20(25)23(16-19-7-4-14-26-19)15-18-5-2-1-3-6-18/h1-7,14,24H,8-13,15-17H2. The number of hydrogen-bond acceptors (Lipinski definition) is 5. The van der Waals surface area contributed by atoms with Gasteiger partial charge in [0, 0.05) is 39.3 Å². The SMILES string of the molecule is O=C(CN1CCN(CCO)CC1)N(Cc1ccccc1)Cc1ccco1. The smallest absolute Gasteiger partial charge is 0.237 e. The van der Waals surface area contributed by atoms with E-state index in [-0.39, 0.29) is 12.5 Å². The van der Waals surface area contributed by atoms with Crippen molar-refractivity contribution < 1.29 is 14.3 Å². The number of carbonyl (C=O) groups is 1. The lowest BCUT2D eigenvalue weighted by atomic mass is 10.2. The first-order valence-corrected chi connectivity index (χ1v) is 9.14. The zero-order valence-electron chi connectivity index (χ0n) is 15.1. The fraction of sp³-hybridized carbons (Fsp3) is 0.450. The molecule has 1 aliphatic rings. The number of furan rings is 1. The molecule has 140 valence electrons. The van der Waals surface area contributed by atoms with E-state index in [9.17, 15) is 4.79 Å². The Morgan fingerprint density at radius 1 is 1.00 bits per heavy atom. The number of carbonyl (C=O) groups excluding carboxylic acids is 1. The molecule has 6 heteroatoms. The van der Waals surface area contributed by atoms with E-state index in [4.69, 9.17) is 9.52 Å². The molecule has 6 nitrogen and oxygen atoms in total. The van der Waals surface area contributed by atoms with Crippen molar-refractivity contribution in [2.45, 2.75) is 13.1 Å². The van der Waals surface area contributed by atoms with Crippen molar-refractivity contribution in [3.63, 3.8) is 0 Å². The average Bonchev–Trinajstić information content (AvgIpc) is 3.17. The minimum absolute atomic E-state index is 0.112. The molecular weight excluding hydrogens is 330 g/mol. The summed E-state index contributed by atoms with van der Waals surface area (Å²) in [5, 5.41) is 9.04. The van der Waals surface area contributed by atoms with E-state index < -0.39 is 0 Å². The number of hydrogen-bond donors (Lipinski definition) is 1. The number of β-amino-alcohol motifs (C(OH)–C–C–N with tert-alkyl or cyclic N) is 1. The van der Waals surface area contributed by atoms with Gasteiger partial charge in [-0.25, -0.2) is 0 Å². The molecule has 1 aromatic heterocycles. The van der Waals surface area contributed by atoms with Gasteiger partial charge in [0.1, 0.15) is 5.76 Å². The van der Waals surface area contributed by atoms with Crippen LogP contribution in [0.1, 0.15) is 11.3 Å². The van der Waals surface area contributed by atoms with E-state index >= 15 is 0 Å². The Morgan fingerprint density at radius 3 is 2.38 bits per heavy atom. The first kappa shape index (κ1) is 18.6. The number of amides is 1. The number of nitrogens with zero attached hydrogens (tertiary/aromatic N) is 3. The van der Waals surface area contributed by atoms with E-state index in [1.54, 1.807) is 6.26 Å². The molecule has 0 radical (unpaired) electrons. The van der Waals surface area contributed by atoms with Crippen molar-refractivity contribution in [2.24, 2.45) is 0 Å². The van der Waals surface area contributed by atoms with Gasteiger partial charge in [-0.3, -0.25) is 14.6 Å². The Morgan fingerprint density at radius 2 is 1.73 bits per heavy atom. The summed E-state index contributed by atoms with van der Waals surface area (Å²) < 4.78 is 5.44. The second-order valence-electron chi connectivity index (χ2n) is 6.66. The second kappa shape index (κ2) is 9.52. The van der Waals surface area contributed by atoms with Crippen LogP contribution in [0.5, 0.6) is 0 Å². The summed E-state index contributed by atoms with van der Waals surface area (Å²) in [6.45, 7) is 5.86. The lowest BCUT2D eigenvalue weighted by molar-refractivity contribution is -0.134. The maximum Gasteiger partial charge on any atom is 0.237 e. The Balaban J connectivity index is 1.59. The molecule has 2 heterocycles. The molecule has 2 aromatic rings. The third-order valence-corrected chi connectivity index (χ3v) is 4.74. The molecule has 1 aromatic carbocycles. The predicted molar refractivity (Wildman–Crippen MR) is 99.4 cm³/mol. The molecule has 3 rings (SSSR count). The maximum absolute atomic E-state index is 12.9. The molecule has 1 saturated heterocycles. The van der Waals surface area contributed by atoms with Crippen molar-refractivity contribution in [2.75, 3.05) is 45.9 Å². The molecule has 26 heavy (non-hydrogen) atoms. The van der Waals surface area contributed by atoms with Crippen LogP contribution in [-0.4, -0.2) is 71.6 Å². The van der Waals surface area contributed by atoms with Crippen molar-refractivity contribution in [1.29, 1.82) is 0 Å². The molecule has 1 fully saturated rings. The largest absolute Gasteiger partial charge is 0.467 e. The van der Waals surface area contributed by atoms with Crippen LogP contribution in [0, 0.1) is 0 Å². The minimum atomic E-state index is 0.112. The van der Waals surface area contributed by atoms with E-state index in [1.165, 1.54) is 0 Å². The summed E-state index contributed by atoms with van der Waals surface area (Å²) in [6, 6.07) is 13.8. The third-order valence-electron chi connectivity index (χ3n) is 4.74. The first-order chi connectivity index (χ1) is 12.7. The molecule has 0 saturated carbocycles. The molecule has 1 aliphatic heterocycles. The molecule has 0 bridgehead atoms. The first-order valence-electron chi connectivity index (χ1n) is 9.14. The van der Waals surface area contributed by atoms with Crippen LogP contribution in [0.15, 0.2) is 53.1 Å². The second-order valence-corrected chi connectivity index (χ2v) is 6.66. The lowest BCUT2D eigenvalue weighted by Gasteiger charge is -2.35. The highest BCUT2D eigenvalue weighted by Crippen LogP contribution is 2.12. The highest BCUT2D eigenvalue weighted by atomic mass is 16.3. The topological polar surface area (TPSA) is 60.2 Å². The van der Waals surface area contributed by atoms with Gasteiger partial charge in [0.25, 0.3) is 0 Å². The van der Waals surface area contributed by atoms with Crippen LogP contribution >= 0.6 is 0 Å².